The fraction of sp³-hybridized carbons (Fsp3) is 0.455. The minimum absolute atomic E-state index is 0.264. The van der Waals surface area contributed by atoms with Gasteiger partial charge < -0.3 is 19.4 Å². The zero-order chi connectivity index (χ0) is 18.7. The zero-order valence-corrected chi connectivity index (χ0v) is 16.2. The summed E-state index contributed by atoms with van der Waals surface area (Å²) in [7, 11) is 3.97. The first-order chi connectivity index (χ1) is 13.3. The Bertz CT molecular complexity index is 694. The number of nitrogens with one attached hydrogen (secondary N) is 1. The molecule has 1 atom stereocenters. The second kappa shape index (κ2) is 7.95. The van der Waals surface area contributed by atoms with Gasteiger partial charge in [0.15, 0.2) is 0 Å². The van der Waals surface area contributed by atoms with Crippen LogP contribution in [0.15, 0.2) is 48.5 Å². The molecule has 2 aromatic carbocycles. The van der Waals surface area contributed by atoms with Crippen molar-refractivity contribution >= 4 is 7.62 Å². The highest BCUT2D eigenvalue weighted by Gasteiger charge is 2.50. The normalized spacial score (nSPS) is 22.2. The molecule has 4 rings (SSSR count). The van der Waals surface area contributed by atoms with E-state index in [9.17, 15) is 0 Å². The molecule has 142 valence electrons. The molecular weight excluding hydrogens is 337 g/mol. The second-order valence-electron chi connectivity index (χ2n) is 7.56. The van der Waals surface area contributed by atoms with Crippen molar-refractivity contribution in [1.29, 1.82) is 0 Å². The predicted molar refractivity (Wildman–Crippen MR) is 109 cm³/mol. The molecule has 2 aromatic rings. The average molecular weight is 365 g/mol. The molecule has 1 saturated heterocycles. The van der Waals surface area contributed by atoms with Crippen LogP contribution >= 0.6 is 0 Å². The van der Waals surface area contributed by atoms with Gasteiger partial charge in [-0.3, -0.25) is 0 Å². The van der Waals surface area contributed by atoms with Gasteiger partial charge >= 0.3 is 7.62 Å². The summed E-state index contributed by atoms with van der Waals surface area (Å²) < 4.78 is 17.3. The average Bonchev–Trinajstić information content (AvgIpc) is 3.20. The standard InChI is InChI=1S/C22H28BNO3/c1-25-19-12-8-17(9-13-19)22(18-10-14-20(26-2)15-11-18)21(24-23-27-22)16-6-4-3-5-7-16/h8-16,21,23-24H,3-7H2,1-2H3/t21-/m0/s1. The van der Waals surface area contributed by atoms with Gasteiger partial charge in [-0.15, -0.1) is 0 Å². The summed E-state index contributed by atoms with van der Waals surface area (Å²) in [6.45, 7) is 0. The van der Waals surface area contributed by atoms with Gasteiger partial charge in [0.25, 0.3) is 0 Å². The number of ether oxygens (including phenoxy) is 2. The Hall–Kier alpha value is -1.98. The maximum absolute atomic E-state index is 6.53. The second-order valence-corrected chi connectivity index (χ2v) is 7.56. The molecule has 2 aliphatic rings. The summed E-state index contributed by atoms with van der Waals surface area (Å²) >= 11 is 0. The SMILES string of the molecule is COc1ccc(C2(c3ccc(OC)cc3)OBN[C@H]2C2CCCCC2)cc1. The van der Waals surface area contributed by atoms with Crippen LogP contribution in [0.25, 0.3) is 0 Å². The van der Waals surface area contributed by atoms with Gasteiger partial charge in [-0.05, 0) is 54.2 Å². The first-order valence-corrected chi connectivity index (χ1v) is 9.94. The minimum atomic E-state index is -0.486. The Morgan fingerprint density at radius 3 is 1.85 bits per heavy atom. The first-order valence-electron chi connectivity index (χ1n) is 9.94. The van der Waals surface area contributed by atoms with E-state index in [-0.39, 0.29) is 6.04 Å². The topological polar surface area (TPSA) is 39.7 Å². The van der Waals surface area contributed by atoms with Crippen LogP contribution in [0.3, 0.4) is 0 Å². The van der Waals surface area contributed by atoms with E-state index in [4.69, 9.17) is 14.1 Å². The summed E-state index contributed by atoms with van der Waals surface area (Å²) in [6, 6.07) is 17.0. The number of hydrogen-bond donors (Lipinski definition) is 1. The smallest absolute Gasteiger partial charge is 0.362 e. The summed E-state index contributed by atoms with van der Waals surface area (Å²) in [5.41, 5.74) is 1.86. The van der Waals surface area contributed by atoms with E-state index < -0.39 is 5.60 Å². The van der Waals surface area contributed by atoms with E-state index in [2.05, 4.69) is 29.5 Å². The van der Waals surface area contributed by atoms with Gasteiger partial charge in [0.05, 0.1) is 14.2 Å². The third-order valence-electron chi connectivity index (χ3n) is 6.20. The van der Waals surface area contributed by atoms with Crippen LogP contribution in [-0.2, 0) is 10.3 Å². The number of benzene rings is 2. The van der Waals surface area contributed by atoms with E-state index in [0.29, 0.717) is 13.5 Å². The molecule has 0 unspecified atom stereocenters. The Balaban J connectivity index is 1.79. The number of methoxy groups -OCH3 is 2. The fourth-order valence-corrected chi connectivity index (χ4v) is 4.81. The van der Waals surface area contributed by atoms with Crippen molar-refractivity contribution in [3.05, 3.63) is 59.7 Å². The van der Waals surface area contributed by atoms with E-state index in [1.807, 2.05) is 24.3 Å². The highest BCUT2D eigenvalue weighted by molar-refractivity contribution is 6.25. The molecule has 4 nitrogen and oxygen atoms in total. The maximum atomic E-state index is 6.53. The highest BCUT2D eigenvalue weighted by Crippen LogP contribution is 2.45. The van der Waals surface area contributed by atoms with Crippen LogP contribution in [0.5, 0.6) is 11.5 Å². The molecule has 1 saturated carbocycles. The van der Waals surface area contributed by atoms with E-state index in [1.54, 1.807) is 14.2 Å². The van der Waals surface area contributed by atoms with Crippen molar-refractivity contribution in [2.75, 3.05) is 14.2 Å². The van der Waals surface area contributed by atoms with E-state index in [1.165, 1.54) is 43.2 Å². The van der Waals surface area contributed by atoms with Crippen LogP contribution in [0, 0.1) is 5.92 Å². The molecule has 0 amide bonds. The molecule has 1 N–H and O–H groups in total. The molecule has 0 spiro atoms. The van der Waals surface area contributed by atoms with Crippen molar-refractivity contribution in [1.82, 2.24) is 5.23 Å². The van der Waals surface area contributed by atoms with Crippen LogP contribution in [0.4, 0.5) is 0 Å². The van der Waals surface area contributed by atoms with Crippen molar-refractivity contribution in [3.8, 4) is 11.5 Å². The van der Waals surface area contributed by atoms with Crippen LogP contribution in [0.1, 0.15) is 43.2 Å². The molecule has 27 heavy (non-hydrogen) atoms. The monoisotopic (exact) mass is 365 g/mol. The number of hydrogen-bond acceptors (Lipinski definition) is 4. The molecule has 0 aromatic heterocycles. The summed E-state index contributed by atoms with van der Waals surface area (Å²) in [5.74, 6) is 2.35. The van der Waals surface area contributed by atoms with Gasteiger partial charge in [0.1, 0.15) is 17.1 Å². The minimum Gasteiger partial charge on any atom is -0.497 e. The Morgan fingerprint density at radius 2 is 1.37 bits per heavy atom. The first kappa shape index (κ1) is 18.4. The van der Waals surface area contributed by atoms with Crippen molar-refractivity contribution in [2.24, 2.45) is 5.92 Å². The lowest BCUT2D eigenvalue weighted by atomic mass is 9.71. The molecule has 0 bridgehead atoms. The van der Waals surface area contributed by atoms with Gasteiger partial charge in [-0.2, -0.15) is 0 Å². The summed E-state index contributed by atoms with van der Waals surface area (Å²) in [6.07, 6.45) is 6.49. The third kappa shape index (κ3) is 3.35. The molecule has 1 aliphatic heterocycles. The van der Waals surface area contributed by atoms with Gasteiger partial charge in [-0.25, -0.2) is 0 Å². The van der Waals surface area contributed by atoms with Crippen molar-refractivity contribution < 1.29 is 14.1 Å². The molecular formula is C22H28BNO3. The lowest BCUT2D eigenvalue weighted by molar-refractivity contribution is 0.0803. The molecule has 5 heteroatoms. The molecule has 0 radical (unpaired) electrons. The predicted octanol–water partition coefficient (Wildman–Crippen LogP) is 3.78. The molecule has 2 fully saturated rings. The van der Waals surface area contributed by atoms with Gasteiger partial charge in [-0.1, -0.05) is 43.5 Å². The Labute approximate surface area is 162 Å². The fourth-order valence-electron chi connectivity index (χ4n) is 4.81. The number of rotatable bonds is 5. The van der Waals surface area contributed by atoms with Gasteiger partial charge in [0.2, 0.25) is 0 Å². The van der Waals surface area contributed by atoms with Crippen molar-refractivity contribution in [3.63, 3.8) is 0 Å². The maximum Gasteiger partial charge on any atom is 0.362 e. The third-order valence-corrected chi connectivity index (χ3v) is 6.20. The zero-order valence-electron chi connectivity index (χ0n) is 16.2. The van der Waals surface area contributed by atoms with E-state index >= 15 is 0 Å². The Morgan fingerprint density at radius 1 is 0.852 bits per heavy atom. The van der Waals surface area contributed by atoms with E-state index in [0.717, 1.165) is 11.5 Å². The summed E-state index contributed by atoms with van der Waals surface area (Å²) in [4.78, 5) is 0. The summed E-state index contributed by atoms with van der Waals surface area (Å²) in [5, 5.41) is 3.69. The largest absolute Gasteiger partial charge is 0.497 e. The highest BCUT2D eigenvalue weighted by atomic mass is 16.5. The van der Waals surface area contributed by atoms with Gasteiger partial charge in [0, 0.05) is 6.04 Å². The molecule has 1 aliphatic carbocycles. The lowest BCUT2D eigenvalue weighted by Crippen LogP contribution is -2.47. The Kier molecular flexibility index (Phi) is 5.42. The van der Waals surface area contributed by atoms with Crippen LogP contribution in [0.2, 0.25) is 0 Å². The quantitative estimate of drug-likeness (QED) is 0.819. The molecule has 1 heterocycles. The lowest BCUT2D eigenvalue weighted by Gasteiger charge is -2.41. The van der Waals surface area contributed by atoms with Crippen LogP contribution < -0.4 is 14.7 Å². The van der Waals surface area contributed by atoms with Crippen molar-refractivity contribution in [2.45, 2.75) is 43.7 Å². The van der Waals surface area contributed by atoms with Crippen LogP contribution in [-0.4, -0.2) is 27.9 Å².